The average Bonchev–Trinajstić information content (AvgIpc) is 3.32. The summed E-state index contributed by atoms with van der Waals surface area (Å²) in [7, 11) is 0. The van der Waals surface area contributed by atoms with Crippen molar-refractivity contribution in [1.29, 1.82) is 0 Å². The highest BCUT2D eigenvalue weighted by molar-refractivity contribution is 5.88. The van der Waals surface area contributed by atoms with Crippen molar-refractivity contribution in [3.63, 3.8) is 0 Å². The molecule has 0 spiro atoms. The molecule has 2 aromatic carbocycles. The molecule has 0 bridgehead atoms. The zero-order valence-electron chi connectivity index (χ0n) is 16.1. The zero-order chi connectivity index (χ0) is 20.8. The Morgan fingerprint density at radius 3 is 2.83 bits per heavy atom. The number of anilines is 1. The van der Waals surface area contributed by atoms with Crippen molar-refractivity contribution in [3.8, 4) is 17.2 Å². The predicted octanol–water partition coefficient (Wildman–Crippen LogP) is 5.23. The number of hydrogen-bond donors (Lipinski definition) is 1. The van der Waals surface area contributed by atoms with E-state index in [4.69, 9.17) is 24.2 Å². The molecular formula is C22H18FN3O4. The van der Waals surface area contributed by atoms with E-state index in [1.54, 1.807) is 18.2 Å². The largest absolute Gasteiger partial charge is 0.511 e. The highest BCUT2D eigenvalue weighted by Gasteiger charge is 2.27. The Balaban J connectivity index is 1.70. The van der Waals surface area contributed by atoms with E-state index < -0.39 is 6.16 Å². The van der Waals surface area contributed by atoms with Crippen LogP contribution in [-0.4, -0.2) is 33.8 Å². The number of benzene rings is 2. The minimum Gasteiger partial charge on any atom is -0.454 e. The molecule has 4 aromatic rings. The number of nitrogens with zero attached hydrogens (tertiary/aromatic N) is 3. The molecule has 3 heterocycles. The maximum atomic E-state index is 13.6. The normalized spacial score (nSPS) is 16.5. The van der Waals surface area contributed by atoms with Crippen LogP contribution in [-0.2, 0) is 0 Å². The zero-order valence-corrected chi connectivity index (χ0v) is 16.1. The van der Waals surface area contributed by atoms with Crippen LogP contribution in [0.1, 0.15) is 19.8 Å². The summed E-state index contributed by atoms with van der Waals surface area (Å²) in [6, 6.07) is 11.2. The number of aromatic nitrogens is 2. The first-order chi connectivity index (χ1) is 14.5. The van der Waals surface area contributed by atoms with Gasteiger partial charge in [-0.1, -0.05) is 0 Å². The van der Waals surface area contributed by atoms with Gasteiger partial charge in [0.1, 0.15) is 22.8 Å². The molecule has 152 valence electrons. The van der Waals surface area contributed by atoms with Crippen LogP contribution in [0, 0.1) is 5.82 Å². The van der Waals surface area contributed by atoms with Crippen LogP contribution in [0.2, 0.25) is 0 Å². The second-order valence-electron chi connectivity index (χ2n) is 7.39. The predicted molar refractivity (Wildman–Crippen MR) is 109 cm³/mol. The highest BCUT2D eigenvalue weighted by Crippen LogP contribution is 2.37. The molecule has 1 N–H and O–H groups in total. The lowest BCUT2D eigenvalue weighted by Gasteiger charge is -2.24. The van der Waals surface area contributed by atoms with Gasteiger partial charge >= 0.3 is 6.16 Å². The monoisotopic (exact) mass is 407 g/mol. The molecule has 1 fully saturated rings. The first kappa shape index (κ1) is 18.4. The molecule has 0 amide bonds. The number of hydrogen-bond acceptors (Lipinski definition) is 6. The summed E-state index contributed by atoms with van der Waals surface area (Å²) in [5.74, 6) is 0.966. The van der Waals surface area contributed by atoms with Crippen molar-refractivity contribution in [2.24, 2.45) is 0 Å². The average molecular weight is 407 g/mol. The van der Waals surface area contributed by atoms with Crippen molar-refractivity contribution >= 4 is 34.0 Å². The van der Waals surface area contributed by atoms with Crippen LogP contribution in [0.5, 0.6) is 5.75 Å². The molecule has 8 heteroatoms. The Labute approximate surface area is 170 Å². The van der Waals surface area contributed by atoms with Crippen molar-refractivity contribution in [2.75, 3.05) is 11.4 Å². The van der Waals surface area contributed by atoms with Crippen LogP contribution in [0.4, 0.5) is 15.0 Å². The first-order valence-corrected chi connectivity index (χ1v) is 9.66. The van der Waals surface area contributed by atoms with Crippen LogP contribution in [0.15, 0.2) is 46.9 Å². The number of ether oxygens (including phenoxy) is 1. The van der Waals surface area contributed by atoms with Crippen molar-refractivity contribution in [1.82, 2.24) is 9.97 Å². The molecule has 0 aliphatic carbocycles. The number of halogens is 1. The number of carbonyl (C=O) groups is 1. The lowest BCUT2D eigenvalue weighted by molar-refractivity contribution is 0.144. The number of carboxylic acid groups (broad SMARTS) is 1. The second-order valence-corrected chi connectivity index (χ2v) is 7.39. The quantitative estimate of drug-likeness (QED) is 0.367. The SMILES string of the molecule is C[C@H]1CCCN1c1nc2cc(OC(=O)O)ccc2nc1-c1cc2ccc(F)cc2o1. The number of fused-ring (bicyclic) bond motifs is 2. The Hall–Kier alpha value is -3.68. The van der Waals surface area contributed by atoms with Crippen molar-refractivity contribution < 1.29 is 23.4 Å². The summed E-state index contributed by atoms with van der Waals surface area (Å²) in [6.45, 7) is 2.95. The van der Waals surface area contributed by atoms with Gasteiger partial charge in [0.05, 0.1) is 11.0 Å². The van der Waals surface area contributed by atoms with E-state index >= 15 is 0 Å². The Morgan fingerprint density at radius 1 is 1.20 bits per heavy atom. The molecular weight excluding hydrogens is 389 g/mol. The molecule has 7 nitrogen and oxygen atoms in total. The Kier molecular flexibility index (Phi) is 4.27. The van der Waals surface area contributed by atoms with Crippen LogP contribution in [0.25, 0.3) is 33.5 Å². The minimum absolute atomic E-state index is 0.177. The fraction of sp³-hybridized carbons (Fsp3) is 0.227. The lowest BCUT2D eigenvalue weighted by atomic mass is 10.2. The summed E-state index contributed by atoms with van der Waals surface area (Å²) in [5.41, 5.74) is 2.11. The summed E-state index contributed by atoms with van der Waals surface area (Å²) in [4.78, 5) is 22.6. The van der Waals surface area contributed by atoms with Gasteiger partial charge in [0.15, 0.2) is 11.6 Å². The molecule has 30 heavy (non-hydrogen) atoms. The molecule has 5 rings (SSSR count). The smallest absolute Gasteiger partial charge is 0.454 e. The van der Waals surface area contributed by atoms with Crippen LogP contribution in [0.3, 0.4) is 0 Å². The third kappa shape index (κ3) is 3.20. The molecule has 1 aliphatic heterocycles. The molecule has 0 unspecified atom stereocenters. The highest BCUT2D eigenvalue weighted by atomic mass is 19.1. The summed E-state index contributed by atoms with van der Waals surface area (Å²) < 4.78 is 24.3. The van der Waals surface area contributed by atoms with Crippen LogP contribution >= 0.6 is 0 Å². The molecule has 1 aliphatic rings. The van der Waals surface area contributed by atoms with Gasteiger partial charge in [-0.05, 0) is 50.1 Å². The van der Waals surface area contributed by atoms with Gasteiger partial charge in [-0.3, -0.25) is 0 Å². The summed E-state index contributed by atoms with van der Waals surface area (Å²) in [5, 5.41) is 9.65. The van der Waals surface area contributed by atoms with E-state index in [1.165, 1.54) is 18.2 Å². The van der Waals surface area contributed by atoms with Crippen molar-refractivity contribution in [2.45, 2.75) is 25.8 Å². The fourth-order valence-corrected chi connectivity index (χ4v) is 3.92. The standard InChI is InChI=1S/C22H18FN3O4/c1-12-3-2-8-26(12)21-20(19-9-13-4-5-14(23)10-18(13)30-19)24-16-7-6-15(29-22(27)28)11-17(16)25-21/h4-7,9-12H,2-3,8H2,1H3,(H,27,28)/t12-/m0/s1. The van der Waals surface area contributed by atoms with Crippen molar-refractivity contribution in [3.05, 3.63) is 48.3 Å². The number of furan rings is 1. The lowest BCUT2D eigenvalue weighted by Crippen LogP contribution is -2.28. The second kappa shape index (κ2) is 6.98. The summed E-state index contributed by atoms with van der Waals surface area (Å²) in [6.07, 6.45) is 0.683. The topological polar surface area (TPSA) is 88.7 Å². The van der Waals surface area contributed by atoms with Gasteiger partial charge in [-0.25, -0.2) is 19.2 Å². The van der Waals surface area contributed by atoms with Gasteiger partial charge < -0.3 is 19.2 Å². The van der Waals surface area contributed by atoms with E-state index in [9.17, 15) is 9.18 Å². The third-order valence-electron chi connectivity index (χ3n) is 5.36. The minimum atomic E-state index is -1.39. The van der Waals surface area contributed by atoms with E-state index in [0.29, 0.717) is 33.9 Å². The van der Waals surface area contributed by atoms with Gasteiger partial charge in [0.2, 0.25) is 0 Å². The molecule has 1 saturated heterocycles. The van der Waals surface area contributed by atoms with Gasteiger partial charge in [0.25, 0.3) is 0 Å². The molecule has 1 atom stereocenters. The van der Waals surface area contributed by atoms with Gasteiger partial charge in [0, 0.05) is 30.1 Å². The maximum absolute atomic E-state index is 13.6. The van der Waals surface area contributed by atoms with E-state index in [2.05, 4.69) is 11.8 Å². The summed E-state index contributed by atoms with van der Waals surface area (Å²) >= 11 is 0. The Bertz CT molecular complexity index is 1290. The third-order valence-corrected chi connectivity index (χ3v) is 5.36. The first-order valence-electron chi connectivity index (χ1n) is 9.66. The number of rotatable bonds is 3. The Morgan fingerprint density at radius 2 is 2.07 bits per heavy atom. The van der Waals surface area contributed by atoms with E-state index in [-0.39, 0.29) is 17.6 Å². The molecule has 0 radical (unpaired) electrons. The maximum Gasteiger partial charge on any atom is 0.511 e. The van der Waals surface area contributed by atoms with E-state index in [0.717, 1.165) is 24.8 Å². The van der Waals surface area contributed by atoms with E-state index in [1.807, 2.05) is 6.07 Å². The molecule has 2 aromatic heterocycles. The van der Waals surface area contributed by atoms with Crippen LogP contribution < -0.4 is 9.64 Å². The molecule has 0 saturated carbocycles. The fourth-order valence-electron chi connectivity index (χ4n) is 3.92. The van der Waals surface area contributed by atoms with Gasteiger partial charge in [-0.2, -0.15) is 0 Å². The van der Waals surface area contributed by atoms with Gasteiger partial charge in [-0.15, -0.1) is 0 Å².